The first kappa shape index (κ1) is 12.1. The summed E-state index contributed by atoms with van der Waals surface area (Å²) < 4.78 is 5.39. The van der Waals surface area contributed by atoms with Crippen molar-refractivity contribution < 1.29 is 4.74 Å². The quantitative estimate of drug-likeness (QED) is 0.752. The van der Waals surface area contributed by atoms with Gasteiger partial charge in [0, 0.05) is 6.54 Å². The Morgan fingerprint density at radius 3 is 2.27 bits per heavy atom. The van der Waals surface area contributed by atoms with E-state index in [1.807, 2.05) is 0 Å². The molecule has 1 rings (SSSR count). The summed E-state index contributed by atoms with van der Waals surface area (Å²) in [6.07, 6.45) is 1.04. The maximum Gasteiger partial charge on any atom is 0.122 e. The summed E-state index contributed by atoms with van der Waals surface area (Å²) in [7, 11) is 5.92. The van der Waals surface area contributed by atoms with Gasteiger partial charge in [-0.05, 0) is 57.1 Å². The summed E-state index contributed by atoms with van der Waals surface area (Å²) in [6, 6.07) is 4.36. The first-order chi connectivity index (χ1) is 7.04. The molecule has 0 saturated heterocycles. The highest BCUT2D eigenvalue weighted by Gasteiger charge is 2.05. The minimum Gasteiger partial charge on any atom is -0.496 e. The largest absolute Gasteiger partial charge is 0.496 e. The monoisotopic (exact) mass is 207 g/mol. The van der Waals surface area contributed by atoms with Gasteiger partial charge in [-0.2, -0.15) is 0 Å². The van der Waals surface area contributed by atoms with E-state index >= 15 is 0 Å². The van der Waals surface area contributed by atoms with E-state index in [2.05, 4.69) is 45.0 Å². The molecule has 2 heteroatoms. The van der Waals surface area contributed by atoms with E-state index in [0.29, 0.717) is 0 Å². The topological polar surface area (TPSA) is 12.5 Å². The van der Waals surface area contributed by atoms with Crippen molar-refractivity contribution >= 4 is 0 Å². The van der Waals surface area contributed by atoms with Crippen molar-refractivity contribution in [3.8, 4) is 5.75 Å². The second kappa shape index (κ2) is 5.17. The molecule has 0 N–H and O–H groups in total. The van der Waals surface area contributed by atoms with Gasteiger partial charge in [0.2, 0.25) is 0 Å². The summed E-state index contributed by atoms with van der Waals surface area (Å²) in [5.41, 5.74) is 3.93. The van der Waals surface area contributed by atoms with E-state index in [1.54, 1.807) is 7.11 Å². The van der Waals surface area contributed by atoms with E-state index in [0.717, 1.165) is 18.7 Å². The molecule has 0 unspecified atom stereocenters. The Bertz CT molecular complexity index is 332. The zero-order valence-corrected chi connectivity index (χ0v) is 10.4. The standard InChI is InChI=1S/C13H21NO/c1-10-8-12(6-7-14(3)4)13(15-5)9-11(10)2/h8-9H,6-7H2,1-5H3. The maximum absolute atomic E-state index is 5.39. The molecule has 0 amide bonds. The molecule has 0 radical (unpaired) electrons. The van der Waals surface area contributed by atoms with Crippen LogP contribution >= 0.6 is 0 Å². The Morgan fingerprint density at radius 1 is 1.13 bits per heavy atom. The molecule has 2 nitrogen and oxygen atoms in total. The predicted molar refractivity (Wildman–Crippen MR) is 64.7 cm³/mol. The van der Waals surface area contributed by atoms with Gasteiger partial charge in [-0.15, -0.1) is 0 Å². The number of methoxy groups -OCH3 is 1. The Hall–Kier alpha value is -1.02. The minimum absolute atomic E-state index is 1.01. The molecule has 84 valence electrons. The van der Waals surface area contributed by atoms with Crippen LogP contribution in [0.5, 0.6) is 5.75 Å². The Balaban J connectivity index is 2.89. The van der Waals surface area contributed by atoms with Crippen molar-refractivity contribution in [3.05, 3.63) is 28.8 Å². The van der Waals surface area contributed by atoms with Crippen molar-refractivity contribution in [1.82, 2.24) is 4.90 Å². The second-order valence-electron chi connectivity index (χ2n) is 4.30. The van der Waals surface area contributed by atoms with Crippen LogP contribution in [0.15, 0.2) is 12.1 Å². The number of nitrogens with zero attached hydrogens (tertiary/aromatic N) is 1. The number of aryl methyl sites for hydroxylation is 2. The van der Waals surface area contributed by atoms with Gasteiger partial charge in [0.15, 0.2) is 0 Å². The molecule has 0 spiro atoms. The van der Waals surface area contributed by atoms with Crippen LogP contribution in [0.1, 0.15) is 16.7 Å². The third-order valence-corrected chi connectivity index (χ3v) is 2.73. The zero-order chi connectivity index (χ0) is 11.4. The van der Waals surface area contributed by atoms with E-state index in [4.69, 9.17) is 4.74 Å². The molecule has 0 aromatic heterocycles. The summed E-state index contributed by atoms with van der Waals surface area (Å²) in [5.74, 6) is 1.01. The number of hydrogen-bond acceptors (Lipinski definition) is 2. The van der Waals surface area contributed by atoms with Crippen LogP contribution in [0.4, 0.5) is 0 Å². The van der Waals surface area contributed by atoms with Crippen molar-refractivity contribution in [2.24, 2.45) is 0 Å². The second-order valence-corrected chi connectivity index (χ2v) is 4.30. The molecule has 0 atom stereocenters. The van der Waals surface area contributed by atoms with Gasteiger partial charge in [-0.3, -0.25) is 0 Å². The van der Waals surface area contributed by atoms with Gasteiger partial charge in [-0.25, -0.2) is 0 Å². The molecule has 1 aromatic rings. The average molecular weight is 207 g/mol. The van der Waals surface area contributed by atoms with Crippen molar-refractivity contribution in [1.29, 1.82) is 0 Å². The zero-order valence-electron chi connectivity index (χ0n) is 10.4. The summed E-state index contributed by atoms with van der Waals surface area (Å²) >= 11 is 0. The Kier molecular flexibility index (Phi) is 4.15. The van der Waals surface area contributed by atoms with Crippen LogP contribution in [0.25, 0.3) is 0 Å². The highest BCUT2D eigenvalue weighted by atomic mass is 16.5. The molecule has 0 heterocycles. The summed E-state index contributed by atoms with van der Waals surface area (Å²) in [6.45, 7) is 5.32. The SMILES string of the molecule is COc1cc(C)c(C)cc1CCN(C)C. The fraction of sp³-hybridized carbons (Fsp3) is 0.538. The van der Waals surface area contributed by atoms with Crippen molar-refractivity contribution in [3.63, 3.8) is 0 Å². The Morgan fingerprint density at radius 2 is 1.73 bits per heavy atom. The van der Waals surface area contributed by atoms with Crippen molar-refractivity contribution in [2.45, 2.75) is 20.3 Å². The van der Waals surface area contributed by atoms with Crippen molar-refractivity contribution in [2.75, 3.05) is 27.7 Å². The summed E-state index contributed by atoms with van der Waals surface area (Å²) in [5, 5.41) is 0. The van der Waals surface area contributed by atoms with Gasteiger partial charge >= 0.3 is 0 Å². The third kappa shape index (κ3) is 3.24. The maximum atomic E-state index is 5.39. The lowest BCUT2D eigenvalue weighted by atomic mass is 10.0. The lowest BCUT2D eigenvalue weighted by Crippen LogP contribution is -2.15. The molecule has 0 fully saturated rings. The first-order valence-corrected chi connectivity index (χ1v) is 5.33. The number of benzene rings is 1. The molecule has 1 aromatic carbocycles. The first-order valence-electron chi connectivity index (χ1n) is 5.33. The molecule has 0 saturated carbocycles. The smallest absolute Gasteiger partial charge is 0.122 e. The molecule has 0 aliphatic carbocycles. The number of rotatable bonds is 4. The van der Waals surface area contributed by atoms with Gasteiger partial charge in [0.1, 0.15) is 5.75 Å². The Labute approximate surface area is 92.9 Å². The van der Waals surface area contributed by atoms with E-state index in [1.165, 1.54) is 16.7 Å². The average Bonchev–Trinajstić information content (AvgIpc) is 2.19. The van der Waals surface area contributed by atoms with Crippen LogP contribution in [-0.4, -0.2) is 32.6 Å². The molecule has 15 heavy (non-hydrogen) atoms. The third-order valence-electron chi connectivity index (χ3n) is 2.73. The van der Waals surface area contributed by atoms with E-state index in [-0.39, 0.29) is 0 Å². The fourth-order valence-corrected chi connectivity index (χ4v) is 1.58. The van der Waals surface area contributed by atoms with Crippen LogP contribution in [0, 0.1) is 13.8 Å². The van der Waals surface area contributed by atoms with Crippen LogP contribution in [-0.2, 0) is 6.42 Å². The molecular weight excluding hydrogens is 186 g/mol. The lowest BCUT2D eigenvalue weighted by molar-refractivity contribution is 0.391. The van der Waals surface area contributed by atoms with Gasteiger partial charge in [0.25, 0.3) is 0 Å². The molecular formula is C13H21NO. The molecule has 0 aliphatic rings. The van der Waals surface area contributed by atoms with E-state index < -0.39 is 0 Å². The highest BCUT2D eigenvalue weighted by Crippen LogP contribution is 2.23. The minimum atomic E-state index is 1.01. The molecule has 0 aliphatic heterocycles. The summed E-state index contributed by atoms with van der Waals surface area (Å²) in [4.78, 5) is 2.19. The van der Waals surface area contributed by atoms with E-state index in [9.17, 15) is 0 Å². The van der Waals surface area contributed by atoms with Gasteiger partial charge in [-0.1, -0.05) is 6.07 Å². The van der Waals surface area contributed by atoms with Gasteiger partial charge in [0.05, 0.1) is 7.11 Å². The fourth-order valence-electron chi connectivity index (χ4n) is 1.58. The van der Waals surface area contributed by atoms with Crippen LogP contribution in [0.3, 0.4) is 0 Å². The lowest BCUT2D eigenvalue weighted by Gasteiger charge is -2.14. The number of ether oxygens (including phenoxy) is 1. The number of hydrogen-bond donors (Lipinski definition) is 0. The predicted octanol–water partition coefficient (Wildman–Crippen LogP) is 2.42. The normalized spacial score (nSPS) is 10.8. The highest BCUT2D eigenvalue weighted by molar-refractivity contribution is 5.41. The molecule has 0 bridgehead atoms. The van der Waals surface area contributed by atoms with Gasteiger partial charge < -0.3 is 9.64 Å². The van der Waals surface area contributed by atoms with Crippen LogP contribution in [0.2, 0.25) is 0 Å². The number of likely N-dealkylation sites (N-methyl/N-ethyl adjacent to an activating group) is 1. The van der Waals surface area contributed by atoms with Crippen LogP contribution < -0.4 is 4.74 Å².